The molecule has 1 aromatic carbocycles. The second kappa shape index (κ2) is 6.19. The van der Waals surface area contributed by atoms with E-state index in [1.165, 1.54) is 29.3 Å². The van der Waals surface area contributed by atoms with Gasteiger partial charge in [-0.2, -0.15) is 0 Å². The minimum atomic E-state index is -3.35. The highest BCUT2D eigenvalue weighted by Crippen LogP contribution is 2.46. The van der Waals surface area contributed by atoms with E-state index >= 15 is 0 Å². The fraction of sp³-hybridized carbons (Fsp3) is 0.278. The first-order chi connectivity index (χ1) is 12.8. The molecule has 1 aliphatic carbocycles. The number of halogens is 5. The first kappa shape index (κ1) is 17.7. The van der Waals surface area contributed by atoms with Gasteiger partial charge in [0.15, 0.2) is 0 Å². The van der Waals surface area contributed by atoms with Crippen molar-refractivity contribution in [3.8, 4) is 17.1 Å². The summed E-state index contributed by atoms with van der Waals surface area (Å²) in [6.45, 7) is 0. The SMILES string of the molecule is OC1c2c(-c3ncco3)cn(-c3ccc(F)c(C(F)F)c3)c2CCC1(F)F. The summed E-state index contributed by atoms with van der Waals surface area (Å²) in [6, 6.07) is 3.11. The van der Waals surface area contributed by atoms with Crippen molar-refractivity contribution in [3.05, 3.63) is 59.5 Å². The van der Waals surface area contributed by atoms with Gasteiger partial charge in [0.25, 0.3) is 12.3 Å². The molecule has 3 aromatic rings. The number of aromatic nitrogens is 2. The molecule has 0 bridgehead atoms. The second-order valence-electron chi connectivity index (χ2n) is 6.28. The summed E-state index contributed by atoms with van der Waals surface area (Å²) in [5.74, 6) is -4.40. The Morgan fingerprint density at radius 3 is 2.74 bits per heavy atom. The molecule has 2 aromatic heterocycles. The van der Waals surface area contributed by atoms with E-state index in [-0.39, 0.29) is 29.1 Å². The van der Waals surface area contributed by atoms with Gasteiger partial charge in [0.05, 0.1) is 17.3 Å². The number of fused-ring (bicyclic) bond motifs is 1. The van der Waals surface area contributed by atoms with E-state index in [4.69, 9.17) is 4.42 Å². The largest absolute Gasteiger partial charge is 0.444 e. The Bertz CT molecular complexity index is 982. The summed E-state index contributed by atoms with van der Waals surface area (Å²) in [4.78, 5) is 3.93. The van der Waals surface area contributed by atoms with Crippen molar-refractivity contribution < 1.29 is 31.5 Å². The van der Waals surface area contributed by atoms with Crippen molar-refractivity contribution in [2.75, 3.05) is 0 Å². The van der Waals surface area contributed by atoms with Crippen molar-refractivity contribution in [1.82, 2.24) is 9.55 Å². The third kappa shape index (κ3) is 2.82. The van der Waals surface area contributed by atoms with Crippen LogP contribution in [0.1, 0.15) is 35.8 Å². The maximum absolute atomic E-state index is 14.1. The molecule has 0 fully saturated rings. The highest BCUT2D eigenvalue weighted by atomic mass is 19.3. The molecular formula is C18H13F5N2O2. The lowest BCUT2D eigenvalue weighted by atomic mass is 9.89. The van der Waals surface area contributed by atoms with E-state index in [1.807, 2.05) is 0 Å². The van der Waals surface area contributed by atoms with Crippen LogP contribution in [0, 0.1) is 5.82 Å². The average Bonchev–Trinajstić information content (AvgIpc) is 3.26. The number of benzene rings is 1. The summed E-state index contributed by atoms with van der Waals surface area (Å²) in [7, 11) is 0. The van der Waals surface area contributed by atoms with Gasteiger partial charge in [0, 0.05) is 29.6 Å². The molecule has 0 saturated heterocycles. The molecule has 9 heteroatoms. The van der Waals surface area contributed by atoms with Gasteiger partial charge >= 0.3 is 0 Å². The lowest BCUT2D eigenvalue weighted by molar-refractivity contribution is -0.121. The number of alkyl halides is 4. The first-order valence-corrected chi connectivity index (χ1v) is 8.07. The number of hydrogen-bond donors (Lipinski definition) is 1. The molecular weight excluding hydrogens is 371 g/mol. The van der Waals surface area contributed by atoms with Crippen LogP contribution in [-0.4, -0.2) is 20.6 Å². The van der Waals surface area contributed by atoms with E-state index in [0.29, 0.717) is 5.69 Å². The van der Waals surface area contributed by atoms with Gasteiger partial charge in [-0.3, -0.25) is 0 Å². The van der Waals surface area contributed by atoms with Crippen LogP contribution in [0.3, 0.4) is 0 Å². The Labute approximate surface area is 149 Å². The van der Waals surface area contributed by atoms with Gasteiger partial charge in [-0.25, -0.2) is 26.9 Å². The topological polar surface area (TPSA) is 51.2 Å². The third-order valence-corrected chi connectivity index (χ3v) is 4.67. The van der Waals surface area contributed by atoms with E-state index in [0.717, 1.165) is 12.1 Å². The molecule has 0 saturated carbocycles. The van der Waals surface area contributed by atoms with Gasteiger partial charge in [0.1, 0.15) is 18.2 Å². The lowest BCUT2D eigenvalue weighted by Crippen LogP contribution is -2.32. The fourth-order valence-electron chi connectivity index (χ4n) is 3.36. The fourth-order valence-corrected chi connectivity index (χ4v) is 3.36. The maximum atomic E-state index is 14.1. The Kier molecular flexibility index (Phi) is 4.06. The van der Waals surface area contributed by atoms with Crippen LogP contribution in [0.15, 0.2) is 41.3 Å². The van der Waals surface area contributed by atoms with Gasteiger partial charge in [0.2, 0.25) is 5.89 Å². The normalized spacial score (nSPS) is 18.7. The minimum absolute atomic E-state index is 0.0120. The van der Waals surface area contributed by atoms with Crippen LogP contribution in [0.5, 0.6) is 0 Å². The Balaban J connectivity index is 1.94. The summed E-state index contributed by atoms with van der Waals surface area (Å²) >= 11 is 0. The van der Waals surface area contributed by atoms with E-state index in [9.17, 15) is 27.1 Å². The van der Waals surface area contributed by atoms with Crippen LogP contribution in [0.25, 0.3) is 17.1 Å². The van der Waals surface area contributed by atoms with Gasteiger partial charge < -0.3 is 14.1 Å². The van der Waals surface area contributed by atoms with Gasteiger partial charge in [-0.05, 0) is 24.6 Å². The molecule has 2 heterocycles. The van der Waals surface area contributed by atoms with Crippen LogP contribution in [-0.2, 0) is 6.42 Å². The molecule has 4 rings (SSSR count). The molecule has 0 spiro atoms. The molecule has 0 radical (unpaired) electrons. The van der Waals surface area contributed by atoms with E-state index in [1.54, 1.807) is 0 Å². The summed E-state index contributed by atoms with van der Waals surface area (Å²) in [6.07, 6.45) is -1.90. The van der Waals surface area contributed by atoms with E-state index in [2.05, 4.69) is 4.98 Å². The van der Waals surface area contributed by atoms with Gasteiger partial charge in [-0.15, -0.1) is 0 Å². The molecule has 0 amide bonds. The quantitative estimate of drug-likeness (QED) is 0.659. The van der Waals surface area contributed by atoms with Gasteiger partial charge in [-0.1, -0.05) is 0 Å². The van der Waals surface area contributed by atoms with Crippen LogP contribution >= 0.6 is 0 Å². The molecule has 0 aliphatic heterocycles. The Morgan fingerprint density at radius 2 is 2.07 bits per heavy atom. The summed E-state index contributed by atoms with van der Waals surface area (Å²) < 4.78 is 74.4. The summed E-state index contributed by atoms with van der Waals surface area (Å²) in [5.41, 5.74) is -0.262. The molecule has 1 N–H and O–H groups in total. The van der Waals surface area contributed by atoms with Crippen molar-refractivity contribution in [3.63, 3.8) is 0 Å². The predicted octanol–water partition coefficient (Wildman–Crippen LogP) is 4.82. The minimum Gasteiger partial charge on any atom is -0.444 e. The molecule has 1 atom stereocenters. The zero-order valence-corrected chi connectivity index (χ0v) is 13.7. The molecule has 142 valence electrons. The van der Waals surface area contributed by atoms with E-state index < -0.39 is 36.3 Å². The molecule has 4 nitrogen and oxygen atoms in total. The lowest BCUT2D eigenvalue weighted by Gasteiger charge is -2.29. The number of oxazole rings is 1. The van der Waals surface area contributed by atoms with Crippen molar-refractivity contribution in [2.24, 2.45) is 0 Å². The molecule has 27 heavy (non-hydrogen) atoms. The average molecular weight is 384 g/mol. The first-order valence-electron chi connectivity index (χ1n) is 8.07. The zero-order valence-electron chi connectivity index (χ0n) is 13.7. The maximum Gasteiger partial charge on any atom is 0.278 e. The number of nitrogens with zero attached hydrogens (tertiary/aromatic N) is 2. The number of aliphatic hydroxyl groups is 1. The zero-order chi connectivity index (χ0) is 19.3. The Morgan fingerprint density at radius 1 is 1.30 bits per heavy atom. The molecule has 1 aliphatic rings. The molecule has 1 unspecified atom stereocenters. The second-order valence-corrected chi connectivity index (χ2v) is 6.28. The van der Waals surface area contributed by atoms with Crippen LogP contribution < -0.4 is 0 Å². The number of aliphatic hydroxyl groups excluding tert-OH is 1. The smallest absolute Gasteiger partial charge is 0.278 e. The van der Waals surface area contributed by atoms with Crippen molar-refractivity contribution in [2.45, 2.75) is 31.3 Å². The van der Waals surface area contributed by atoms with Crippen molar-refractivity contribution in [1.29, 1.82) is 0 Å². The van der Waals surface area contributed by atoms with Crippen LogP contribution in [0.2, 0.25) is 0 Å². The predicted molar refractivity (Wildman–Crippen MR) is 84.4 cm³/mol. The highest BCUT2D eigenvalue weighted by Gasteiger charge is 2.46. The summed E-state index contributed by atoms with van der Waals surface area (Å²) in [5, 5.41) is 10.2. The number of rotatable bonds is 3. The highest BCUT2D eigenvalue weighted by molar-refractivity contribution is 5.64. The number of hydrogen-bond acceptors (Lipinski definition) is 3. The monoisotopic (exact) mass is 384 g/mol. The van der Waals surface area contributed by atoms with Crippen LogP contribution in [0.4, 0.5) is 22.0 Å². The standard InChI is InChI=1S/C18H13F5N2O2/c19-12-2-1-9(7-10(12)16(20)21)25-8-11(17-24-5-6-27-17)14-13(25)3-4-18(22,23)15(14)26/h1-2,5-8,15-16,26H,3-4H2. The third-order valence-electron chi connectivity index (χ3n) is 4.67. The van der Waals surface area contributed by atoms with Crippen molar-refractivity contribution >= 4 is 0 Å². The Hall–Kier alpha value is -2.68.